The van der Waals surface area contributed by atoms with Gasteiger partial charge in [0.15, 0.2) is 0 Å². The van der Waals surface area contributed by atoms with E-state index in [2.05, 4.69) is 0 Å². The van der Waals surface area contributed by atoms with Crippen LogP contribution in [0.1, 0.15) is 0 Å². The summed E-state index contributed by atoms with van der Waals surface area (Å²) in [6.07, 6.45) is -3.78. The third-order valence-corrected chi connectivity index (χ3v) is 1.20. The van der Waals surface area contributed by atoms with Crippen LogP contribution in [0.3, 0.4) is 0 Å². The minimum atomic E-state index is -4.19. The van der Waals surface area contributed by atoms with Crippen LogP contribution < -0.4 is 5.32 Å². The van der Waals surface area contributed by atoms with Gasteiger partial charge in [-0.3, -0.25) is 4.79 Å². The first kappa shape index (κ1) is 11.5. The molecular formula is C5H6ClF4NO. The quantitative estimate of drug-likeness (QED) is 0.546. The van der Waals surface area contributed by atoms with Crippen LogP contribution in [-0.4, -0.2) is 30.7 Å². The second kappa shape index (κ2) is 4.49. The molecule has 0 radical (unpaired) electrons. The third kappa shape index (κ3) is 3.75. The molecule has 0 aliphatic rings. The molecule has 2 nitrogen and oxygen atoms in total. The van der Waals surface area contributed by atoms with Gasteiger partial charge in [0.2, 0.25) is 5.91 Å². The standard InChI is InChI=1S/C5H6ClF4NO/c6-1-3(12)11-2-5(9,10)4(7)8/h4H,1-2H2,(H,11,12). The molecule has 0 spiro atoms. The van der Waals surface area contributed by atoms with E-state index in [1.54, 1.807) is 5.32 Å². The Kier molecular flexibility index (Phi) is 4.30. The Balaban J connectivity index is 3.83. The number of hydrogen-bond donors (Lipinski definition) is 1. The van der Waals surface area contributed by atoms with Crippen molar-refractivity contribution in [2.75, 3.05) is 12.4 Å². The number of carbonyl (C=O) groups excluding carboxylic acids is 1. The van der Waals surface area contributed by atoms with Crippen LogP contribution >= 0.6 is 11.6 Å². The second-order valence-electron chi connectivity index (χ2n) is 1.97. The van der Waals surface area contributed by atoms with E-state index < -0.39 is 30.7 Å². The van der Waals surface area contributed by atoms with Gasteiger partial charge in [0.05, 0.1) is 6.54 Å². The molecule has 0 aromatic carbocycles. The minimum Gasteiger partial charge on any atom is -0.349 e. The fourth-order valence-electron chi connectivity index (χ4n) is 0.341. The average molecular weight is 208 g/mol. The second-order valence-corrected chi connectivity index (χ2v) is 2.24. The number of nitrogens with one attached hydrogen (secondary N) is 1. The van der Waals surface area contributed by atoms with Gasteiger partial charge < -0.3 is 5.32 Å². The van der Waals surface area contributed by atoms with Crippen molar-refractivity contribution in [3.63, 3.8) is 0 Å². The molecule has 0 aromatic rings. The van der Waals surface area contributed by atoms with Crippen molar-refractivity contribution in [1.29, 1.82) is 0 Å². The van der Waals surface area contributed by atoms with Gasteiger partial charge in [-0.2, -0.15) is 8.78 Å². The van der Waals surface area contributed by atoms with Crippen LogP contribution in [0.5, 0.6) is 0 Å². The zero-order valence-corrected chi connectivity index (χ0v) is 6.55. The Hall–Kier alpha value is -0.520. The van der Waals surface area contributed by atoms with Crippen molar-refractivity contribution >= 4 is 17.5 Å². The molecule has 0 rings (SSSR count). The molecule has 0 aliphatic carbocycles. The normalized spacial score (nSPS) is 11.8. The molecule has 12 heavy (non-hydrogen) atoms. The number of hydrogen-bond acceptors (Lipinski definition) is 1. The molecule has 0 aliphatic heterocycles. The van der Waals surface area contributed by atoms with E-state index in [0.29, 0.717) is 0 Å². The Labute approximate surface area is 70.9 Å². The van der Waals surface area contributed by atoms with E-state index in [9.17, 15) is 22.4 Å². The van der Waals surface area contributed by atoms with Gasteiger partial charge in [-0.05, 0) is 0 Å². The lowest BCUT2D eigenvalue weighted by molar-refractivity contribution is -0.135. The molecule has 7 heteroatoms. The lowest BCUT2D eigenvalue weighted by Crippen LogP contribution is -2.41. The topological polar surface area (TPSA) is 29.1 Å². The monoisotopic (exact) mass is 207 g/mol. The van der Waals surface area contributed by atoms with Gasteiger partial charge in [0.1, 0.15) is 5.88 Å². The van der Waals surface area contributed by atoms with Crippen molar-refractivity contribution in [2.45, 2.75) is 12.3 Å². The molecule has 0 fully saturated rings. The highest BCUT2D eigenvalue weighted by atomic mass is 35.5. The molecule has 0 bridgehead atoms. The first-order valence-corrected chi connectivity index (χ1v) is 3.42. The highest BCUT2D eigenvalue weighted by Crippen LogP contribution is 2.21. The maximum atomic E-state index is 12.0. The molecule has 0 unspecified atom stereocenters. The summed E-state index contributed by atoms with van der Waals surface area (Å²) in [7, 11) is 0. The smallest absolute Gasteiger partial charge is 0.324 e. The van der Waals surface area contributed by atoms with E-state index in [1.165, 1.54) is 0 Å². The Bertz CT molecular complexity index is 164. The van der Waals surface area contributed by atoms with Crippen molar-refractivity contribution in [1.82, 2.24) is 5.32 Å². The lowest BCUT2D eigenvalue weighted by Gasteiger charge is -2.14. The van der Waals surface area contributed by atoms with Gasteiger partial charge in [-0.1, -0.05) is 0 Å². The predicted octanol–water partition coefficient (Wildman–Crippen LogP) is 1.24. The fraction of sp³-hybridized carbons (Fsp3) is 0.800. The number of rotatable bonds is 4. The van der Waals surface area contributed by atoms with Crippen molar-refractivity contribution in [2.24, 2.45) is 0 Å². The van der Waals surface area contributed by atoms with Gasteiger partial charge in [0.25, 0.3) is 0 Å². The molecule has 72 valence electrons. The number of alkyl halides is 5. The number of carbonyl (C=O) groups is 1. The molecule has 0 saturated carbocycles. The third-order valence-electron chi connectivity index (χ3n) is 0.962. The first-order valence-electron chi connectivity index (χ1n) is 2.89. The summed E-state index contributed by atoms with van der Waals surface area (Å²) < 4.78 is 46.9. The number of halogens is 5. The van der Waals surface area contributed by atoms with E-state index in [4.69, 9.17) is 11.6 Å². The van der Waals surface area contributed by atoms with E-state index in [-0.39, 0.29) is 0 Å². The summed E-state index contributed by atoms with van der Waals surface area (Å²) >= 11 is 4.92. The summed E-state index contributed by atoms with van der Waals surface area (Å²) in [6.45, 7) is -1.39. The summed E-state index contributed by atoms with van der Waals surface area (Å²) in [5.41, 5.74) is 0. The maximum absolute atomic E-state index is 12.0. The van der Waals surface area contributed by atoms with Gasteiger partial charge in [-0.15, -0.1) is 11.6 Å². The molecule has 0 atom stereocenters. The molecule has 0 heterocycles. The van der Waals surface area contributed by atoms with Gasteiger partial charge in [-0.25, -0.2) is 8.78 Å². The zero-order valence-electron chi connectivity index (χ0n) is 5.79. The average Bonchev–Trinajstić information content (AvgIpc) is 2.00. The highest BCUT2D eigenvalue weighted by molar-refractivity contribution is 6.27. The van der Waals surface area contributed by atoms with Crippen LogP contribution in [0.25, 0.3) is 0 Å². The van der Waals surface area contributed by atoms with Gasteiger partial charge >= 0.3 is 12.3 Å². The van der Waals surface area contributed by atoms with Crippen LogP contribution in [0.15, 0.2) is 0 Å². The molecule has 1 amide bonds. The molecule has 1 N–H and O–H groups in total. The number of amides is 1. The minimum absolute atomic E-state index is 0.528. The largest absolute Gasteiger partial charge is 0.349 e. The fourth-order valence-corrected chi connectivity index (χ4v) is 0.435. The van der Waals surface area contributed by atoms with Crippen molar-refractivity contribution in [3.8, 4) is 0 Å². The van der Waals surface area contributed by atoms with Crippen LogP contribution in [0.2, 0.25) is 0 Å². The lowest BCUT2D eigenvalue weighted by atomic mass is 10.3. The maximum Gasteiger partial charge on any atom is 0.324 e. The van der Waals surface area contributed by atoms with E-state index >= 15 is 0 Å². The predicted molar refractivity (Wildman–Crippen MR) is 34.7 cm³/mol. The SMILES string of the molecule is O=C(CCl)NCC(F)(F)C(F)F. The van der Waals surface area contributed by atoms with Crippen LogP contribution in [0, 0.1) is 0 Å². The van der Waals surface area contributed by atoms with Gasteiger partial charge in [0, 0.05) is 0 Å². The van der Waals surface area contributed by atoms with Crippen molar-refractivity contribution in [3.05, 3.63) is 0 Å². The van der Waals surface area contributed by atoms with E-state index in [0.717, 1.165) is 0 Å². The van der Waals surface area contributed by atoms with E-state index in [1.807, 2.05) is 0 Å². The summed E-state index contributed by atoms with van der Waals surface area (Å²) in [5.74, 6) is -5.63. The molecule has 0 saturated heterocycles. The summed E-state index contributed by atoms with van der Waals surface area (Å²) in [5, 5.41) is 1.55. The van der Waals surface area contributed by atoms with Crippen LogP contribution in [0.4, 0.5) is 17.6 Å². The summed E-state index contributed by atoms with van der Waals surface area (Å²) in [6, 6.07) is 0. The van der Waals surface area contributed by atoms with Crippen LogP contribution in [-0.2, 0) is 4.79 Å². The Morgan fingerprint density at radius 1 is 1.50 bits per heavy atom. The Morgan fingerprint density at radius 3 is 2.33 bits per heavy atom. The van der Waals surface area contributed by atoms with Crippen molar-refractivity contribution < 1.29 is 22.4 Å². The molecule has 0 aromatic heterocycles. The Morgan fingerprint density at radius 2 is 2.00 bits per heavy atom. The first-order chi connectivity index (χ1) is 5.40. The zero-order chi connectivity index (χ0) is 9.78. The highest BCUT2D eigenvalue weighted by Gasteiger charge is 2.40. The molecular weight excluding hydrogens is 202 g/mol. The summed E-state index contributed by atoms with van der Waals surface area (Å²) in [4.78, 5) is 10.3.